The Bertz CT molecular complexity index is 1380. The molecule has 0 aliphatic rings. The maximum Gasteiger partial charge on any atom is 0.343 e. The lowest BCUT2D eigenvalue weighted by atomic mass is 10.1. The van der Waals surface area contributed by atoms with Crippen LogP contribution in [0, 0.1) is 0 Å². The Balaban J connectivity index is 1.53. The van der Waals surface area contributed by atoms with E-state index < -0.39 is 5.97 Å². The number of rotatable bonds is 3. The van der Waals surface area contributed by atoms with E-state index in [1.165, 1.54) is 0 Å². The maximum atomic E-state index is 12.4. The summed E-state index contributed by atoms with van der Waals surface area (Å²) in [4.78, 5) is 21.9. The van der Waals surface area contributed by atoms with Crippen molar-refractivity contribution < 1.29 is 14.3 Å². The normalized spacial score (nSPS) is 11.1. The van der Waals surface area contributed by atoms with E-state index in [4.69, 9.17) is 19.4 Å². The zero-order chi connectivity index (χ0) is 19.8. The third-order valence-electron chi connectivity index (χ3n) is 4.84. The van der Waals surface area contributed by atoms with Crippen molar-refractivity contribution in [3.05, 3.63) is 84.4 Å². The fourth-order valence-corrected chi connectivity index (χ4v) is 3.35. The molecule has 0 unspecified atom stereocenters. The van der Waals surface area contributed by atoms with Crippen molar-refractivity contribution in [3.63, 3.8) is 0 Å². The summed E-state index contributed by atoms with van der Waals surface area (Å²) in [6, 6.07) is 24.1. The average Bonchev–Trinajstić information content (AvgIpc) is 2.77. The van der Waals surface area contributed by atoms with Crippen LogP contribution in [0.5, 0.6) is 11.5 Å². The first-order valence-corrected chi connectivity index (χ1v) is 9.17. The van der Waals surface area contributed by atoms with Gasteiger partial charge in [0.15, 0.2) is 0 Å². The summed E-state index contributed by atoms with van der Waals surface area (Å²) < 4.78 is 10.6. The molecule has 1 aromatic heterocycles. The Kier molecular flexibility index (Phi) is 4.06. The second-order valence-electron chi connectivity index (χ2n) is 6.65. The molecule has 0 fully saturated rings. The van der Waals surface area contributed by atoms with Gasteiger partial charge in [-0.1, -0.05) is 30.3 Å². The second-order valence-corrected chi connectivity index (χ2v) is 6.65. The van der Waals surface area contributed by atoms with E-state index in [2.05, 4.69) is 0 Å². The van der Waals surface area contributed by atoms with E-state index in [1.807, 2.05) is 42.5 Å². The van der Waals surface area contributed by atoms with E-state index >= 15 is 0 Å². The number of esters is 1. The van der Waals surface area contributed by atoms with Gasteiger partial charge in [-0.05, 0) is 47.9 Å². The molecule has 5 rings (SSSR count). The minimum absolute atomic E-state index is 0.423. The summed E-state index contributed by atoms with van der Waals surface area (Å²) in [6.07, 6.45) is 0. The van der Waals surface area contributed by atoms with E-state index in [-0.39, 0.29) is 0 Å². The Morgan fingerprint density at radius 2 is 1.52 bits per heavy atom. The molecule has 0 saturated heterocycles. The van der Waals surface area contributed by atoms with Gasteiger partial charge in [0.1, 0.15) is 11.5 Å². The molecule has 4 aromatic carbocycles. The van der Waals surface area contributed by atoms with Gasteiger partial charge in [0.25, 0.3) is 0 Å². The third-order valence-corrected chi connectivity index (χ3v) is 4.84. The molecule has 1 heterocycles. The van der Waals surface area contributed by atoms with Gasteiger partial charge in [-0.15, -0.1) is 0 Å². The third kappa shape index (κ3) is 3.12. The van der Waals surface area contributed by atoms with Gasteiger partial charge in [-0.3, -0.25) is 0 Å². The highest BCUT2D eigenvalue weighted by Crippen LogP contribution is 2.26. The van der Waals surface area contributed by atoms with E-state index in [9.17, 15) is 4.79 Å². The highest BCUT2D eigenvalue weighted by Gasteiger charge is 2.11. The van der Waals surface area contributed by atoms with Crippen molar-refractivity contribution >= 4 is 38.8 Å². The molecule has 29 heavy (non-hydrogen) atoms. The van der Waals surface area contributed by atoms with Gasteiger partial charge in [0.2, 0.25) is 0 Å². The molecule has 0 aliphatic carbocycles. The first-order valence-electron chi connectivity index (χ1n) is 9.17. The predicted molar refractivity (Wildman–Crippen MR) is 113 cm³/mol. The molecule has 0 spiro atoms. The molecule has 5 heteroatoms. The van der Waals surface area contributed by atoms with Crippen LogP contribution in [0.4, 0.5) is 0 Å². The van der Waals surface area contributed by atoms with Crippen LogP contribution in [-0.2, 0) is 0 Å². The highest BCUT2D eigenvalue weighted by molar-refractivity contribution is 6.06. The topological polar surface area (TPSA) is 61.3 Å². The van der Waals surface area contributed by atoms with Crippen molar-refractivity contribution in [3.8, 4) is 11.5 Å². The fraction of sp³-hybridized carbons (Fsp3) is 0.0417. The monoisotopic (exact) mass is 380 g/mol. The number of ether oxygens (including phenoxy) is 2. The van der Waals surface area contributed by atoms with E-state index in [0.29, 0.717) is 22.6 Å². The van der Waals surface area contributed by atoms with Crippen LogP contribution in [0.2, 0.25) is 0 Å². The van der Waals surface area contributed by atoms with Gasteiger partial charge >= 0.3 is 5.97 Å². The van der Waals surface area contributed by atoms with Crippen molar-refractivity contribution in [2.75, 3.05) is 7.11 Å². The standard InChI is InChI=1S/C24H16N2O3/c1-28-17-9-6-16(7-10-17)24(27)29-18-11-13-20-22(14-18)26-23-19-5-3-2-4-15(19)8-12-21(23)25-20/h2-14H,1H3. The Morgan fingerprint density at radius 3 is 2.34 bits per heavy atom. The van der Waals surface area contributed by atoms with Crippen LogP contribution >= 0.6 is 0 Å². The molecule has 5 aromatic rings. The summed E-state index contributed by atoms with van der Waals surface area (Å²) in [5, 5.41) is 2.15. The highest BCUT2D eigenvalue weighted by atomic mass is 16.5. The Labute approximate surface area is 166 Å². The van der Waals surface area contributed by atoms with Gasteiger partial charge in [0.05, 0.1) is 34.7 Å². The lowest BCUT2D eigenvalue weighted by Crippen LogP contribution is -2.08. The number of benzene rings is 4. The summed E-state index contributed by atoms with van der Waals surface area (Å²) in [5.41, 5.74) is 3.53. The van der Waals surface area contributed by atoms with Crippen LogP contribution in [0.25, 0.3) is 32.8 Å². The number of carbonyl (C=O) groups excluding carboxylic acids is 1. The lowest BCUT2D eigenvalue weighted by molar-refractivity contribution is 0.0735. The van der Waals surface area contributed by atoms with Crippen molar-refractivity contribution in [2.45, 2.75) is 0 Å². The minimum Gasteiger partial charge on any atom is -0.497 e. The molecular formula is C24H16N2O3. The van der Waals surface area contributed by atoms with Crippen LogP contribution < -0.4 is 9.47 Å². The summed E-state index contributed by atoms with van der Waals surface area (Å²) in [5.74, 6) is 0.667. The second kappa shape index (κ2) is 6.87. The number of hydrogen-bond acceptors (Lipinski definition) is 5. The predicted octanol–water partition coefficient (Wildman–Crippen LogP) is 5.16. The van der Waals surface area contributed by atoms with Gasteiger partial charge in [0, 0.05) is 11.5 Å². The molecule has 0 N–H and O–H groups in total. The molecule has 5 nitrogen and oxygen atoms in total. The lowest BCUT2D eigenvalue weighted by Gasteiger charge is -2.08. The molecule has 0 atom stereocenters. The number of aromatic nitrogens is 2. The first-order chi connectivity index (χ1) is 14.2. The summed E-state index contributed by atoms with van der Waals surface area (Å²) in [7, 11) is 1.58. The fourth-order valence-electron chi connectivity index (χ4n) is 3.35. The summed E-state index contributed by atoms with van der Waals surface area (Å²) in [6.45, 7) is 0. The first kappa shape index (κ1) is 17.1. The van der Waals surface area contributed by atoms with Crippen LogP contribution in [0.15, 0.2) is 78.9 Å². The number of nitrogens with zero attached hydrogens (tertiary/aromatic N) is 2. The largest absolute Gasteiger partial charge is 0.497 e. The zero-order valence-corrected chi connectivity index (χ0v) is 15.6. The van der Waals surface area contributed by atoms with E-state index in [1.54, 1.807) is 43.5 Å². The number of methoxy groups -OCH3 is 1. The molecule has 0 saturated carbocycles. The minimum atomic E-state index is -0.439. The molecular weight excluding hydrogens is 364 g/mol. The molecule has 0 bridgehead atoms. The molecule has 0 radical (unpaired) electrons. The van der Waals surface area contributed by atoms with Gasteiger partial charge in [-0.2, -0.15) is 0 Å². The molecule has 0 aliphatic heterocycles. The summed E-state index contributed by atoms with van der Waals surface area (Å²) >= 11 is 0. The van der Waals surface area contributed by atoms with E-state index in [0.717, 1.165) is 27.3 Å². The molecule has 140 valence electrons. The Hall–Kier alpha value is -3.99. The number of hydrogen-bond donors (Lipinski definition) is 0. The molecule has 0 amide bonds. The number of carbonyl (C=O) groups is 1. The van der Waals surface area contributed by atoms with Crippen molar-refractivity contribution in [2.24, 2.45) is 0 Å². The van der Waals surface area contributed by atoms with Crippen LogP contribution in [-0.4, -0.2) is 23.0 Å². The number of fused-ring (bicyclic) bond motifs is 4. The maximum absolute atomic E-state index is 12.4. The average molecular weight is 380 g/mol. The smallest absolute Gasteiger partial charge is 0.343 e. The quantitative estimate of drug-likeness (QED) is 0.187. The van der Waals surface area contributed by atoms with Crippen LogP contribution in [0.3, 0.4) is 0 Å². The van der Waals surface area contributed by atoms with Gasteiger partial charge in [-0.25, -0.2) is 14.8 Å². The Morgan fingerprint density at radius 1 is 0.759 bits per heavy atom. The zero-order valence-electron chi connectivity index (χ0n) is 15.6. The van der Waals surface area contributed by atoms with Crippen molar-refractivity contribution in [1.29, 1.82) is 0 Å². The SMILES string of the molecule is COc1ccc(C(=O)Oc2ccc3nc4ccc5ccccc5c4nc3c2)cc1. The van der Waals surface area contributed by atoms with Gasteiger partial charge < -0.3 is 9.47 Å². The van der Waals surface area contributed by atoms with Crippen molar-refractivity contribution in [1.82, 2.24) is 9.97 Å². The van der Waals surface area contributed by atoms with Crippen LogP contribution in [0.1, 0.15) is 10.4 Å².